The maximum absolute atomic E-state index is 12.0. The monoisotopic (exact) mass is 414 g/mol. The molecule has 0 fully saturated rings. The molecular formula is C20H18N2O6S. The number of hydrogen-bond acceptors (Lipinski definition) is 7. The molecule has 0 bridgehead atoms. The van der Waals surface area contributed by atoms with E-state index in [0.29, 0.717) is 23.0 Å². The first-order valence-electron chi connectivity index (χ1n) is 8.85. The lowest BCUT2D eigenvalue weighted by Crippen LogP contribution is -2.41. The highest BCUT2D eigenvalue weighted by atomic mass is 32.1. The van der Waals surface area contributed by atoms with Gasteiger partial charge in [0, 0.05) is 17.5 Å². The van der Waals surface area contributed by atoms with Crippen LogP contribution in [0, 0.1) is 0 Å². The van der Waals surface area contributed by atoms with Crippen LogP contribution in [0.15, 0.2) is 51.6 Å². The predicted octanol–water partition coefficient (Wildman–Crippen LogP) is 2.20. The fourth-order valence-corrected chi connectivity index (χ4v) is 3.42. The number of amides is 2. The van der Waals surface area contributed by atoms with E-state index in [4.69, 9.17) is 13.9 Å². The summed E-state index contributed by atoms with van der Waals surface area (Å²) in [6.07, 6.45) is -1.06. The molecule has 2 amide bonds. The van der Waals surface area contributed by atoms with Crippen molar-refractivity contribution in [3.05, 3.63) is 58.5 Å². The molecule has 3 N–H and O–H groups in total. The SMILES string of the molecule is O=C(NCc1ccc2c(c1)OCO2)C(=O)NCC(O)c1ccc(-c2ccsc2)o1. The van der Waals surface area contributed by atoms with Crippen molar-refractivity contribution in [1.82, 2.24) is 10.6 Å². The molecule has 150 valence electrons. The number of fused-ring (bicyclic) bond motifs is 1. The van der Waals surface area contributed by atoms with Crippen molar-refractivity contribution < 1.29 is 28.6 Å². The van der Waals surface area contributed by atoms with Crippen molar-refractivity contribution >= 4 is 23.2 Å². The van der Waals surface area contributed by atoms with Crippen molar-refractivity contribution in [1.29, 1.82) is 0 Å². The van der Waals surface area contributed by atoms with E-state index in [-0.39, 0.29) is 19.9 Å². The van der Waals surface area contributed by atoms with Gasteiger partial charge in [-0.15, -0.1) is 0 Å². The number of thiophene rings is 1. The van der Waals surface area contributed by atoms with Crippen molar-refractivity contribution in [2.24, 2.45) is 0 Å². The molecule has 9 heteroatoms. The number of aliphatic hydroxyl groups excluding tert-OH is 1. The Morgan fingerprint density at radius 3 is 2.72 bits per heavy atom. The fourth-order valence-electron chi connectivity index (χ4n) is 2.78. The third-order valence-corrected chi connectivity index (χ3v) is 5.00. The second kappa shape index (κ2) is 8.38. The third-order valence-electron chi connectivity index (χ3n) is 4.31. The van der Waals surface area contributed by atoms with Gasteiger partial charge in [-0.25, -0.2) is 0 Å². The van der Waals surface area contributed by atoms with Gasteiger partial charge in [0.15, 0.2) is 11.5 Å². The minimum atomic E-state index is -1.06. The highest BCUT2D eigenvalue weighted by Gasteiger charge is 2.19. The van der Waals surface area contributed by atoms with E-state index < -0.39 is 17.9 Å². The Balaban J connectivity index is 1.25. The van der Waals surface area contributed by atoms with E-state index in [1.807, 2.05) is 16.8 Å². The van der Waals surface area contributed by atoms with Gasteiger partial charge in [-0.1, -0.05) is 6.07 Å². The van der Waals surface area contributed by atoms with Crippen molar-refractivity contribution in [3.63, 3.8) is 0 Å². The number of nitrogens with one attached hydrogen (secondary N) is 2. The Hall–Kier alpha value is -3.30. The van der Waals surface area contributed by atoms with Gasteiger partial charge in [-0.3, -0.25) is 9.59 Å². The minimum absolute atomic E-state index is 0.146. The molecule has 3 aromatic rings. The summed E-state index contributed by atoms with van der Waals surface area (Å²) in [6, 6.07) is 10.6. The highest BCUT2D eigenvalue weighted by molar-refractivity contribution is 7.08. The van der Waals surface area contributed by atoms with E-state index >= 15 is 0 Å². The summed E-state index contributed by atoms with van der Waals surface area (Å²) in [5.41, 5.74) is 1.69. The van der Waals surface area contributed by atoms with Crippen molar-refractivity contribution in [2.75, 3.05) is 13.3 Å². The quantitative estimate of drug-likeness (QED) is 0.534. The maximum Gasteiger partial charge on any atom is 0.309 e. The Morgan fingerprint density at radius 1 is 1.07 bits per heavy atom. The van der Waals surface area contributed by atoms with Gasteiger partial charge in [0.25, 0.3) is 0 Å². The molecule has 29 heavy (non-hydrogen) atoms. The van der Waals surface area contributed by atoms with Crippen molar-refractivity contribution in [2.45, 2.75) is 12.6 Å². The number of rotatable bonds is 6. The third kappa shape index (κ3) is 4.41. The zero-order valence-electron chi connectivity index (χ0n) is 15.2. The standard InChI is InChI=1S/C20H18N2O6S/c23-14(16-4-3-15(28-16)13-5-6-29-10-13)9-22-20(25)19(24)21-8-12-1-2-17-18(7-12)27-11-26-17/h1-7,10,14,23H,8-9,11H2,(H,21,24)(H,22,25). The van der Waals surface area contributed by atoms with Crippen LogP contribution in [0.25, 0.3) is 11.3 Å². The fraction of sp³-hybridized carbons (Fsp3) is 0.200. The molecule has 1 aliphatic rings. The Kier molecular flexibility index (Phi) is 5.50. The lowest BCUT2D eigenvalue weighted by Gasteiger charge is -2.10. The van der Waals surface area contributed by atoms with E-state index in [9.17, 15) is 14.7 Å². The molecule has 1 unspecified atom stereocenters. The van der Waals surface area contributed by atoms with Crippen LogP contribution in [0.1, 0.15) is 17.4 Å². The lowest BCUT2D eigenvalue weighted by atomic mass is 10.2. The second-order valence-corrected chi connectivity index (χ2v) is 7.09. The van der Waals surface area contributed by atoms with Gasteiger partial charge in [0.2, 0.25) is 6.79 Å². The van der Waals surface area contributed by atoms with E-state index in [2.05, 4.69) is 10.6 Å². The molecule has 0 saturated heterocycles. The van der Waals surface area contributed by atoms with Crippen LogP contribution in [-0.4, -0.2) is 30.3 Å². The number of hydrogen-bond donors (Lipinski definition) is 3. The topological polar surface area (TPSA) is 110 Å². The van der Waals surface area contributed by atoms with Gasteiger partial charge in [0.05, 0.1) is 6.54 Å². The number of ether oxygens (including phenoxy) is 2. The normalized spacial score (nSPS) is 13.1. The van der Waals surface area contributed by atoms with Crippen LogP contribution in [0.4, 0.5) is 0 Å². The average Bonchev–Trinajstić information content (AvgIpc) is 3.49. The van der Waals surface area contributed by atoms with Crippen LogP contribution in [-0.2, 0) is 16.1 Å². The van der Waals surface area contributed by atoms with Crippen LogP contribution in [0.3, 0.4) is 0 Å². The number of benzene rings is 1. The van der Waals surface area contributed by atoms with Gasteiger partial charge < -0.3 is 29.6 Å². The first kappa shape index (κ1) is 19.0. The number of aliphatic hydroxyl groups is 1. The second-order valence-electron chi connectivity index (χ2n) is 6.31. The molecule has 1 aliphatic heterocycles. The summed E-state index contributed by atoms with van der Waals surface area (Å²) in [5.74, 6) is 0.555. The zero-order chi connectivity index (χ0) is 20.2. The summed E-state index contributed by atoms with van der Waals surface area (Å²) >= 11 is 1.54. The summed E-state index contributed by atoms with van der Waals surface area (Å²) in [7, 11) is 0. The molecule has 4 rings (SSSR count). The minimum Gasteiger partial charge on any atom is -0.458 e. The van der Waals surface area contributed by atoms with Crippen molar-refractivity contribution in [3.8, 4) is 22.8 Å². The van der Waals surface area contributed by atoms with Crippen LogP contribution in [0.2, 0.25) is 0 Å². The van der Waals surface area contributed by atoms with Gasteiger partial charge >= 0.3 is 11.8 Å². The molecule has 8 nitrogen and oxygen atoms in total. The smallest absolute Gasteiger partial charge is 0.309 e. The van der Waals surface area contributed by atoms with Crippen LogP contribution >= 0.6 is 11.3 Å². The summed E-state index contributed by atoms with van der Waals surface area (Å²) in [5, 5.41) is 19.0. The highest BCUT2D eigenvalue weighted by Crippen LogP contribution is 2.32. The number of furan rings is 1. The first-order valence-corrected chi connectivity index (χ1v) is 9.79. The maximum atomic E-state index is 12.0. The molecule has 0 aliphatic carbocycles. The molecule has 0 saturated carbocycles. The molecule has 1 atom stereocenters. The molecule has 1 aromatic carbocycles. The van der Waals surface area contributed by atoms with E-state index in [0.717, 1.165) is 11.1 Å². The lowest BCUT2D eigenvalue weighted by molar-refractivity contribution is -0.139. The Labute approximate surface area is 170 Å². The summed E-state index contributed by atoms with van der Waals surface area (Å²) in [4.78, 5) is 23.9. The predicted molar refractivity (Wildman–Crippen MR) is 104 cm³/mol. The Morgan fingerprint density at radius 2 is 1.90 bits per heavy atom. The van der Waals surface area contributed by atoms with Gasteiger partial charge in [-0.05, 0) is 41.3 Å². The summed E-state index contributed by atoms with van der Waals surface area (Å²) < 4.78 is 16.1. The zero-order valence-corrected chi connectivity index (χ0v) is 16.0. The first-order chi connectivity index (χ1) is 14.1. The van der Waals surface area contributed by atoms with E-state index in [1.165, 1.54) is 0 Å². The molecule has 2 aromatic heterocycles. The molecule has 3 heterocycles. The van der Waals surface area contributed by atoms with E-state index in [1.54, 1.807) is 41.7 Å². The average molecular weight is 414 g/mol. The number of carbonyl (C=O) groups excluding carboxylic acids is 2. The molecular weight excluding hydrogens is 396 g/mol. The van der Waals surface area contributed by atoms with Gasteiger partial charge in [-0.2, -0.15) is 11.3 Å². The largest absolute Gasteiger partial charge is 0.458 e. The molecule has 0 spiro atoms. The summed E-state index contributed by atoms with van der Waals surface area (Å²) in [6.45, 7) is 0.181. The number of carbonyl (C=O) groups is 2. The van der Waals surface area contributed by atoms with Gasteiger partial charge in [0.1, 0.15) is 17.6 Å². The van der Waals surface area contributed by atoms with Crippen LogP contribution in [0.5, 0.6) is 11.5 Å². The van der Waals surface area contributed by atoms with Crippen LogP contribution < -0.4 is 20.1 Å². The molecule has 0 radical (unpaired) electrons. The Bertz CT molecular complexity index is 1010.